The van der Waals surface area contributed by atoms with E-state index in [1.807, 2.05) is 24.3 Å². The predicted molar refractivity (Wildman–Crippen MR) is 104 cm³/mol. The van der Waals surface area contributed by atoms with Gasteiger partial charge in [-0.15, -0.1) is 5.73 Å². The lowest BCUT2D eigenvalue weighted by Gasteiger charge is -2.13. The molecule has 144 valence electrons. The number of aliphatic hydroxyl groups is 2. The fraction of sp³-hybridized carbons (Fsp3) is 0.318. The summed E-state index contributed by atoms with van der Waals surface area (Å²) in [6.07, 6.45) is 1.13. The number of rotatable bonds is 9. The Hall–Kier alpha value is -2.56. The molecule has 2 aromatic carbocycles. The van der Waals surface area contributed by atoms with Crippen molar-refractivity contribution in [2.24, 2.45) is 0 Å². The second-order valence-corrected chi connectivity index (χ2v) is 6.22. The molecular formula is C22H26O5. The number of hydrogen-bond donors (Lipinski definition) is 3. The molecular weight excluding hydrogens is 344 g/mol. The first-order valence-corrected chi connectivity index (χ1v) is 8.74. The number of phenols is 1. The Labute approximate surface area is 159 Å². The maximum absolute atomic E-state index is 10.4. The summed E-state index contributed by atoms with van der Waals surface area (Å²) in [5, 5.41) is 30.0. The van der Waals surface area contributed by atoms with Crippen LogP contribution in [0, 0.1) is 0 Å². The van der Waals surface area contributed by atoms with Gasteiger partial charge in [0, 0.05) is 20.0 Å². The van der Waals surface area contributed by atoms with E-state index in [0.29, 0.717) is 19.4 Å². The second-order valence-electron chi connectivity index (χ2n) is 6.22. The van der Waals surface area contributed by atoms with Crippen LogP contribution in [-0.4, -0.2) is 36.1 Å². The molecule has 5 heteroatoms. The zero-order valence-electron chi connectivity index (χ0n) is 15.6. The van der Waals surface area contributed by atoms with Crippen molar-refractivity contribution in [3.63, 3.8) is 0 Å². The van der Waals surface area contributed by atoms with Gasteiger partial charge in [0.05, 0.1) is 25.9 Å². The lowest BCUT2D eigenvalue weighted by Crippen LogP contribution is -2.03. The molecule has 0 aliphatic heterocycles. The van der Waals surface area contributed by atoms with Crippen molar-refractivity contribution in [2.45, 2.75) is 25.0 Å². The Morgan fingerprint density at radius 3 is 2.15 bits per heavy atom. The number of aliphatic hydroxyl groups excluding tert-OH is 2. The van der Waals surface area contributed by atoms with Crippen molar-refractivity contribution in [1.29, 1.82) is 0 Å². The molecule has 0 aliphatic carbocycles. The molecule has 0 heterocycles. The fourth-order valence-corrected chi connectivity index (χ4v) is 2.66. The highest BCUT2D eigenvalue weighted by Gasteiger charge is 2.11. The van der Waals surface area contributed by atoms with Gasteiger partial charge in [0.15, 0.2) is 0 Å². The Morgan fingerprint density at radius 2 is 1.56 bits per heavy atom. The number of phenolic OH excluding ortho intramolecular Hbond substituents is 1. The summed E-state index contributed by atoms with van der Waals surface area (Å²) in [5.41, 5.74) is 5.44. The molecule has 0 fully saturated rings. The second kappa shape index (κ2) is 10.6. The Balaban J connectivity index is 2.03. The van der Waals surface area contributed by atoms with E-state index in [0.717, 1.165) is 22.4 Å². The van der Waals surface area contributed by atoms with E-state index >= 15 is 0 Å². The third kappa shape index (κ3) is 6.59. The smallest absolute Gasteiger partial charge is 0.118 e. The van der Waals surface area contributed by atoms with E-state index in [4.69, 9.17) is 9.47 Å². The minimum atomic E-state index is -0.687. The minimum absolute atomic E-state index is 0.163. The van der Waals surface area contributed by atoms with Gasteiger partial charge in [0.1, 0.15) is 11.5 Å². The highest BCUT2D eigenvalue weighted by atomic mass is 16.5. The van der Waals surface area contributed by atoms with Crippen LogP contribution in [0.1, 0.15) is 36.2 Å². The van der Waals surface area contributed by atoms with Crippen LogP contribution < -0.4 is 4.74 Å². The van der Waals surface area contributed by atoms with E-state index in [1.165, 1.54) is 0 Å². The first-order valence-electron chi connectivity index (χ1n) is 8.74. The predicted octanol–water partition coefficient (Wildman–Crippen LogP) is 3.68. The summed E-state index contributed by atoms with van der Waals surface area (Å²) in [4.78, 5) is 0. The van der Waals surface area contributed by atoms with Crippen molar-refractivity contribution in [2.75, 3.05) is 20.8 Å². The number of methoxy groups -OCH3 is 2. The highest BCUT2D eigenvalue weighted by molar-refractivity contribution is 5.29. The monoisotopic (exact) mass is 370 g/mol. The molecule has 0 unspecified atom stereocenters. The summed E-state index contributed by atoms with van der Waals surface area (Å²) >= 11 is 0. The summed E-state index contributed by atoms with van der Waals surface area (Å²) < 4.78 is 10.3. The van der Waals surface area contributed by atoms with Crippen LogP contribution in [0.2, 0.25) is 0 Å². The van der Waals surface area contributed by atoms with E-state index in [9.17, 15) is 15.3 Å². The van der Waals surface area contributed by atoms with Crippen LogP contribution in [0.5, 0.6) is 11.5 Å². The fourth-order valence-electron chi connectivity index (χ4n) is 2.66. The van der Waals surface area contributed by atoms with Crippen LogP contribution in [-0.2, 0) is 4.74 Å². The molecule has 2 aromatic rings. The molecule has 3 N–H and O–H groups in total. The van der Waals surface area contributed by atoms with Gasteiger partial charge in [0.25, 0.3) is 0 Å². The average Bonchev–Trinajstić information content (AvgIpc) is 2.68. The topological polar surface area (TPSA) is 79.2 Å². The van der Waals surface area contributed by atoms with Gasteiger partial charge in [-0.2, -0.15) is 0 Å². The summed E-state index contributed by atoms with van der Waals surface area (Å²) in [5.74, 6) is 0.901. The molecule has 27 heavy (non-hydrogen) atoms. The van der Waals surface area contributed by atoms with Crippen molar-refractivity contribution >= 4 is 0 Å². The van der Waals surface area contributed by atoms with Crippen molar-refractivity contribution in [3.8, 4) is 11.5 Å². The highest BCUT2D eigenvalue weighted by Crippen LogP contribution is 2.24. The Bertz CT molecular complexity index is 758. The van der Waals surface area contributed by atoms with Crippen LogP contribution in [0.4, 0.5) is 0 Å². The van der Waals surface area contributed by atoms with Crippen molar-refractivity contribution < 1.29 is 24.8 Å². The number of aromatic hydroxyl groups is 1. The van der Waals surface area contributed by atoms with E-state index in [-0.39, 0.29) is 5.75 Å². The van der Waals surface area contributed by atoms with Gasteiger partial charge in [-0.05, 0) is 47.0 Å². The van der Waals surface area contributed by atoms with Gasteiger partial charge < -0.3 is 24.8 Å². The lowest BCUT2D eigenvalue weighted by atomic mass is 10.0. The lowest BCUT2D eigenvalue weighted by molar-refractivity contribution is 0.164. The SMILES string of the molecule is COCC(=C=CC[C@@H](O)c1ccc(O)cc1)C[C@@H](O)c1ccc(OC)cc1. The minimum Gasteiger partial charge on any atom is -0.508 e. The summed E-state index contributed by atoms with van der Waals surface area (Å²) in [6.45, 7) is 0.346. The molecule has 0 amide bonds. The quantitative estimate of drug-likeness (QED) is 0.587. The van der Waals surface area contributed by atoms with Gasteiger partial charge >= 0.3 is 0 Å². The summed E-state index contributed by atoms with van der Waals surface area (Å²) in [7, 11) is 3.19. The molecule has 0 aromatic heterocycles. The zero-order chi connectivity index (χ0) is 19.6. The average molecular weight is 370 g/mol. The molecule has 0 bridgehead atoms. The van der Waals surface area contributed by atoms with Crippen LogP contribution >= 0.6 is 0 Å². The molecule has 0 spiro atoms. The van der Waals surface area contributed by atoms with Crippen molar-refractivity contribution in [3.05, 3.63) is 77.0 Å². The van der Waals surface area contributed by atoms with E-state index in [2.05, 4.69) is 5.73 Å². The molecule has 0 aliphatic rings. The van der Waals surface area contributed by atoms with Gasteiger partial charge in [-0.3, -0.25) is 0 Å². The van der Waals surface area contributed by atoms with Crippen LogP contribution in [0.3, 0.4) is 0 Å². The summed E-state index contributed by atoms with van der Waals surface area (Å²) in [6, 6.07) is 13.7. The molecule has 0 saturated heterocycles. The third-order valence-corrected chi connectivity index (χ3v) is 4.18. The normalized spacial score (nSPS) is 12.7. The molecule has 0 saturated carbocycles. The molecule has 2 rings (SSSR count). The number of ether oxygens (including phenoxy) is 2. The van der Waals surface area contributed by atoms with Crippen molar-refractivity contribution in [1.82, 2.24) is 0 Å². The Morgan fingerprint density at radius 1 is 0.963 bits per heavy atom. The van der Waals surface area contributed by atoms with Gasteiger partial charge in [-0.25, -0.2) is 0 Å². The molecule has 2 atom stereocenters. The molecule has 0 radical (unpaired) electrons. The van der Waals surface area contributed by atoms with Gasteiger partial charge in [-0.1, -0.05) is 24.3 Å². The number of benzene rings is 2. The zero-order valence-corrected chi connectivity index (χ0v) is 15.6. The number of hydrogen-bond acceptors (Lipinski definition) is 5. The first-order chi connectivity index (χ1) is 13.0. The standard InChI is InChI=1S/C22H26O5/c1-26-15-16(14-22(25)18-8-12-20(27-2)13-9-18)4-3-5-21(24)17-6-10-19(23)11-7-17/h3,6-13,21-25H,5,14-15H2,1-2H3/t4?,21-,22-/m1/s1. The van der Waals surface area contributed by atoms with Crippen LogP contribution in [0.15, 0.2) is 65.9 Å². The maximum Gasteiger partial charge on any atom is 0.118 e. The maximum atomic E-state index is 10.4. The third-order valence-electron chi connectivity index (χ3n) is 4.18. The van der Waals surface area contributed by atoms with Gasteiger partial charge in [0.2, 0.25) is 0 Å². The van der Waals surface area contributed by atoms with Crippen LogP contribution in [0.25, 0.3) is 0 Å². The molecule has 5 nitrogen and oxygen atoms in total. The van der Waals surface area contributed by atoms with E-state index in [1.54, 1.807) is 44.6 Å². The first kappa shape index (κ1) is 20.7. The largest absolute Gasteiger partial charge is 0.508 e. The van der Waals surface area contributed by atoms with E-state index < -0.39 is 12.2 Å². The Kier molecular flexibility index (Phi) is 8.11.